The molecule has 32 heavy (non-hydrogen) atoms. The smallest absolute Gasteiger partial charge is 0.232 e. The van der Waals surface area contributed by atoms with Gasteiger partial charge in [-0.1, -0.05) is 38.5 Å². The minimum atomic E-state index is -0.175. The minimum Gasteiger partial charge on any atom is -0.279 e. The van der Waals surface area contributed by atoms with Crippen LogP contribution in [0.1, 0.15) is 89.9 Å². The van der Waals surface area contributed by atoms with Crippen LogP contribution >= 0.6 is 0 Å². The molecule has 6 fully saturated rings. The quantitative estimate of drug-likeness (QED) is 0.614. The third-order valence-electron chi connectivity index (χ3n) is 9.98. The maximum absolute atomic E-state index is 13.6. The molecule has 4 saturated carbocycles. The van der Waals surface area contributed by atoms with Crippen LogP contribution in [0.3, 0.4) is 0 Å². The van der Waals surface area contributed by atoms with Gasteiger partial charge in [-0.05, 0) is 63.2 Å². The molecule has 0 aromatic heterocycles. The summed E-state index contributed by atoms with van der Waals surface area (Å²) >= 11 is 0. The lowest BCUT2D eigenvalue weighted by molar-refractivity contribution is -0.189. The highest BCUT2D eigenvalue weighted by Gasteiger charge is 2.64. The highest BCUT2D eigenvalue weighted by molar-refractivity contribution is 6.04. The Morgan fingerprint density at radius 3 is 0.969 bits per heavy atom. The first kappa shape index (κ1) is 20.9. The SMILES string of the molecule is O=C1C2CCC3C(=O)N(C4CCCCC4)C(=O)C4CCC(C(=O)N1C1CCCCC1)C2C34. The summed E-state index contributed by atoms with van der Waals surface area (Å²) in [4.78, 5) is 57.8. The number of rotatable bonds is 2. The van der Waals surface area contributed by atoms with E-state index in [1.807, 2.05) is 0 Å². The topological polar surface area (TPSA) is 74.8 Å². The standard InChI is InChI=1S/C26H36N2O4/c29-23-17-11-13-19-22-20(26(32)28(25(19)31)16-9-5-2-6-10-16)14-12-18(21(17)22)24(30)27(23)15-7-3-1-4-8-15/h15-22H,1-14H2. The molecule has 0 bridgehead atoms. The predicted octanol–water partition coefficient (Wildman–Crippen LogP) is 3.67. The number of amides is 4. The van der Waals surface area contributed by atoms with Gasteiger partial charge >= 0.3 is 0 Å². The zero-order valence-corrected chi connectivity index (χ0v) is 19.0. The van der Waals surface area contributed by atoms with Crippen LogP contribution in [0.5, 0.6) is 0 Å². The fourth-order valence-corrected chi connectivity index (χ4v) is 8.60. The van der Waals surface area contributed by atoms with Crippen molar-refractivity contribution >= 4 is 23.6 Å². The fourth-order valence-electron chi connectivity index (χ4n) is 8.60. The van der Waals surface area contributed by atoms with Crippen LogP contribution in [0, 0.1) is 35.5 Å². The normalized spacial score (nSPS) is 41.1. The van der Waals surface area contributed by atoms with E-state index in [0.717, 1.165) is 51.4 Å². The van der Waals surface area contributed by atoms with Crippen LogP contribution in [-0.2, 0) is 19.2 Å². The van der Waals surface area contributed by atoms with Crippen molar-refractivity contribution in [2.45, 2.75) is 102 Å². The van der Waals surface area contributed by atoms with Gasteiger partial charge in [0, 0.05) is 35.8 Å². The summed E-state index contributed by atoms with van der Waals surface area (Å²) in [7, 11) is 0. The monoisotopic (exact) mass is 440 g/mol. The average Bonchev–Trinajstić information content (AvgIpc) is 2.83. The van der Waals surface area contributed by atoms with Gasteiger partial charge in [0.2, 0.25) is 23.6 Å². The van der Waals surface area contributed by atoms with Gasteiger partial charge < -0.3 is 0 Å². The Morgan fingerprint density at radius 1 is 0.406 bits per heavy atom. The Morgan fingerprint density at radius 2 is 0.688 bits per heavy atom. The molecule has 0 spiro atoms. The summed E-state index contributed by atoms with van der Waals surface area (Å²) in [6.07, 6.45) is 13.3. The number of carbonyl (C=O) groups excluding carboxylic acids is 4. The number of carbonyl (C=O) groups is 4. The lowest BCUT2D eigenvalue weighted by Crippen LogP contribution is -2.68. The first-order chi connectivity index (χ1) is 15.6. The number of hydrogen-bond acceptors (Lipinski definition) is 4. The second kappa shape index (κ2) is 7.95. The first-order valence-corrected chi connectivity index (χ1v) is 13.3. The largest absolute Gasteiger partial charge is 0.279 e. The summed E-state index contributed by atoms with van der Waals surface area (Å²) in [5.74, 6) is -0.864. The van der Waals surface area contributed by atoms with Gasteiger partial charge in [-0.25, -0.2) is 0 Å². The number of imide groups is 2. The maximum Gasteiger partial charge on any atom is 0.232 e. The summed E-state index contributed by atoms with van der Waals surface area (Å²) in [6, 6.07) is 0.133. The molecule has 2 aliphatic heterocycles. The summed E-state index contributed by atoms with van der Waals surface area (Å²) in [5, 5.41) is 0. The van der Waals surface area contributed by atoms with Gasteiger partial charge in [-0.3, -0.25) is 29.0 Å². The molecule has 4 amide bonds. The minimum absolute atomic E-state index is 0.0110. The van der Waals surface area contributed by atoms with Gasteiger partial charge in [0.15, 0.2) is 0 Å². The van der Waals surface area contributed by atoms with E-state index in [0.29, 0.717) is 25.7 Å². The molecule has 2 heterocycles. The molecule has 4 unspecified atom stereocenters. The van der Waals surface area contributed by atoms with E-state index in [2.05, 4.69) is 0 Å². The summed E-state index contributed by atoms with van der Waals surface area (Å²) < 4.78 is 0. The number of nitrogens with zero attached hydrogens (tertiary/aromatic N) is 2. The van der Waals surface area contributed by atoms with E-state index in [9.17, 15) is 19.2 Å². The Kier molecular flexibility index (Phi) is 5.18. The molecule has 4 atom stereocenters. The highest BCUT2D eigenvalue weighted by Crippen LogP contribution is 2.57. The van der Waals surface area contributed by atoms with Crippen molar-refractivity contribution in [1.29, 1.82) is 0 Å². The van der Waals surface area contributed by atoms with Crippen molar-refractivity contribution in [3.63, 3.8) is 0 Å². The molecule has 0 N–H and O–H groups in total. The summed E-state index contributed by atoms with van der Waals surface area (Å²) in [6.45, 7) is 0. The van der Waals surface area contributed by atoms with Crippen molar-refractivity contribution < 1.29 is 19.2 Å². The zero-order valence-electron chi connectivity index (χ0n) is 19.0. The average molecular weight is 441 g/mol. The van der Waals surface area contributed by atoms with Gasteiger partial charge in [-0.2, -0.15) is 0 Å². The van der Waals surface area contributed by atoms with Crippen LogP contribution in [-0.4, -0.2) is 45.5 Å². The Hall–Kier alpha value is -1.72. The third-order valence-corrected chi connectivity index (χ3v) is 9.98. The highest BCUT2D eigenvalue weighted by atomic mass is 16.2. The van der Waals surface area contributed by atoms with Gasteiger partial charge in [0.1, 0.15) is 0 Å². The predicted molar refractivity (Wildman–Crippen MR) is 117 cm³/mol. The molecule has 4 aliphatic carbocycles. The molecule has 6 rings (SSSR count). The maximum atomic E-state index is 13.6. The van der Waals surface area contributed by atoms with Crippen LogP contribution in [0.4, 0.5) is 0 Å². The van der Waals surface area contributed by atoms with Crippen molar-refractivity contribution in [1.82, 2.24) is 9.80 Å². The second-order valence-electron chi connectivity index (χ2n) is 11.4. The Bertz CT molecular complexity index is 712. The lowest BCUT2D eigenvalue weighted by atomic mass is 9.50. The molecule has 6 heteroatoms. The molecule has 6 aliphatic rings. The van der Waals surface area contributed by atoms with Crippen LogP contribution < -0.4 is 0 Å². The molecule has 2 saturated heterocycles. The second-order valence-corrected chi connectivity index (χ2v) is 11.4. The van der Waals surface area contributed by atoms with E-state index >= 15 is 0 Å². The van der Waals surface area contributed by atoms with Crippen LogP contribution in [0.15, 0.2) is 0 Å². The van der Waals surface area contributed by atoms with Gasteiger partial charge in [-0.15, -0.1) is 0 Å². The Labute approximate surface area is 190 Å². The van der Waals surface area contributed by atoms with Crippen molar-refractivity contribution in [3.8, 4) is 0 Å². The number of piperidine rings is 2. The van der Waals surface area contributed by atoms with Crippen molar-refractivity contribution in [2.75, 3.05) is 0 Å². The fraction of sp³-hybridized carbons (Fsp3) is 0.846. The molecule has 0 aromatic carbocycles. The lowest BCUT2D eigenvalue weighted by Gasteiger charge is -2.58. The van der Waals surface area contributed by atoms with Crippen molar-refractivity contribution in [3.05, 3.63) is 0 Å². The van der Waals surface area contributed by atoms with E-state index in [4.69, 9.17) is 0 Å². The third kappa shape index (κ3) is 2.96. The van der Waals surface area contributed by atoms with E-state index in [1.165, 1.54) is 12.8 Å². The Balaban J connectivity index is 1.31. The zero-order chi connectivity index (χ0) is 22.0. The van der Waals surface area contributed by atoms with Crippen molar-refractivity contribution in [2.24, 2.45) is 35.5 Å². The first-order valence-electron chi connectivity index (χ1n) is 13.3. The number of likely N-dealkylation sites (tertiary alicyclic amines) is 2. The van der Waals surface area contributed by atoms with E-state index in [-0.39, 0.29) is 71.2 Å². The van der Waals surface area contributed by atoms with Gasteiger partial charge in [0.05, 0.1) is 0 Å². The molecular formula is C26H36N2O4. The molecule has 0 radical (unpaired) electrons. The molecule has 6 nitrogen and oxygen atoms in total. The van der Waals surface area contributed by atoms with E-state index in [1.54, 1.807) is 9.80 Å². The van der Waals surface area contributed by atoms with Crippen LogP contribution in [0.2, 0.25) is 0 Å². The molecular weight excluding hydrogens is 404 g/mol. The van der Waals surface area contributed by atoms with E-state index < -0.39 is 0 Å². The summed E-state index contributed by atoms with van der Waals surface area (Å²) in [5.41, 5.74) is 0. The van der Waals surface area contributed by atoms with Crippen LogP contribution in [0.25, 0.3) is 0 Å². The molecule has 0 aromatic rings. The van der Waals surface area contributed by atoms with Gasteiger partial charge in [0.25, 0.3) is 0 Å². The molecule has 174 valence electrons. The number of hydrogen-bond donors (Lipinski definition) is 0.